The van der Waals surface area contributed by atoms with Gasteiger partial charge in [-0.15, -0.1) is 11.8 Å². The zero-order valence-electron chi connectivity index (χ0n) is 6.69. The Morgan fingerprint density at radius 2 is 1.92 bits per heavy atom. The van der Waals surface area contributed by atoms with E-state index in [1.54, 1.807) is 12.1 Å². The summed E-state index contributed by atoms with van der Waals surface area (Å²) in [5.74, 6) is -1.52. The van der Waals surface area contributed by atoms with Crippen molar-refractivity contribution in [1.29, 1.82) is 0 Å². The first-order chi connectivity index (χ1) is 6.18. The van der Waals surface area contributed by atoms with Crippen LogP contribution in [0.25, 0.3) is 0 Å². The lowest BCUT2D eigenvalue weighted by atomic mass is 10.3. The molecule has 70 valence electrons. The van der Waals surface area contributed by atoms with Gasteiger partial charge in [-0.05, 0) is 40.9 Å². The third-order valence-electron chi connectivity index (χ3n) is 1.82. The number of benzene rings is 1. The third-order valence-corrected chi connectivity index (χ3v) is 3.80. The van der Waals surface area contributed by atoms with Crippen molar-refractivity contribution in [3.05, 3.63) is 28.2 Å². The lowest BCUT2D eigenvalue weighted by Crippen LogP contribution is -1.89. The van der Waals surface area contributed by atoms with Crippen LogP contribution >= 0.6 is 27.7 Å². The molecule has 1 saturated carbocycles. The fraction of sp³-hybridized carbons (Fsp3) is 0.333. The second-order valence-electron chi connectivity index (χ2n) is 2.99. The highest BCUT2D eigenvalue weighted by Gasteiger charge is 2.25. The molecule has 0 heterocycles. The monoisotopic (exact) mass is 264 g/mol. The van der Waals surface area contributed by atoms with Crippen LogP contribution in [0.3, 0.4) is 0 Å². The molecule has 2 rings (SSSR count). The summed E-state index contributed by atoms with van der Waals surface area (Å²) >= 11 is 4.36. The van der Waals surface area contributed by atoms with Gasteiger partial charge in [-0.1, -0.05) is 0 Å². The summed E-state index contributed by atoms with van der Waals surface area (Å²) in [5.41, 5.74) is 0. The van der Waals surface area contributed by atoms with Crippen LogP contribution < -0.4 is 0 Å². The molecule has 0 spiro atoms. The number of thioether (sulfide) groups is 1. The van der Waals surface area contributed by atoms with Gasteiger partial charge in [0.25, 0.3) is 0 Å². The molecule has 1 aromatic rings. The molecule has 0 amide bonds. The summed E-state index contributed by atoms with van der Waals surface area (Å²) in [5, 5.41) is 0.495. The molecule has 4 heteroatoms. The fourth-order valence-electron chi connectivity index (χ4n) is 0.965. The molecule has 0 unspecified atom stereocenters. The first-order valence-corrected chi connectivity index (χ1v) is 5.66. The Kier molecular flexibility index (Phi) is 2.60. The maximum absolute atomic E-state index is 13.2. The molecule has 0 saturated heterocycles. The summed E-state index contributed by atoms with van der Waals surface area (Å²) in [6.07, 6.45) is 2.23. The molecule has 0 bridgehead atoms. The van der Waals surface area contributed by atoms with E-state index in [0.29, 0.717) is 10.1 Å². The first-order valence-electron chi connectivity index (χ1n) is 3.98. The molecule has 1 aromatic carbocycles. The highest BCUT2D eigenvalue weighted by molar-refractivity contribution is 9.10. The molecule has 0 atom stereocenters. The van der Waals surface area contributed by atoms with Crippen LogP contribution in [0.2, 0.25) is 0 Å². The predicted molar refractivity (Wildman–Crippen MR) is 52.9 cm³/mol. The normalized spacial score (nSPS) is 16.2. The van der Waals surface area contributed by atoms with Gasteiger partial charge in [0.1, 0.15) is 0 Å². The highest BCUT2D eigenvalue weighted by atomic mass is 79.9. The van der Waals surface area contributed by atoms with Crippen molar-refractivity contribution in [3.63, 3.8) is 0 Å². The lowest BCUT2D eigenvalue weighted by molar-refractivity contribution is 0.487. The van der Waals surface area contributed by atoms with E-state index >= 15 is 0 Å². The van der Waals surface area contributed by atoms with Gasteiger partial charge in [-0.2, -0.15) is 0 Å². The third kappa shape index (κ3) is 2.05. The molecular formula is C9H7BrF2S. The fourth-order valence-corrected chi connectivity index (χ4v) is 2.34. The molecule has 0 aromatic heterocycles. The summed E-state index contributed by atoms with van der Waals surface area (Å²) in [4.78, 5) is 0.420. The molecule has 1 fully saturated rings. The van der Waals surface area contributed by atoms with Gasteiger partial charge >= 0.3 is 0 Å². The van der Waals surface area contributed by atoms with E-state index in [4.69, 9.17) is 0 Å². The summed E-state index contributed by atoms with van der Waals surface area (Å²) in [6.45, 7) is 0. The van der Waals surface area contributed by atoms with Crippen molar-refractivity contribution in [2.24, 2.45) is 0 Å². The molecule has 0 radical (unpaired) electrons. The smallest absolute Gasteiger partial charge is 0.174 e. The minimum absolute atomic E-state index is 0.185. The molecule has 1 aliphatic carbocycles. The zero-order chi connectivity index (χ0) is 9.42. The Morgan fingerprint density at radius 3 is 2.54 bits per heavy atom. The Morgan fingerprint density at radius 1 is 1.23 bits per heavy atom. The minimum Gasteiger partial charge on any atom is -0.202 e. The number of halogens is 3. The van der Waals surface area contributed by atoms with Crippen LogP contribution in [0.15, 0.2) is 21.5 Å². The van der Waals surface area contributed by atoms with E-state index in [1.807, 2.05) is 0 Å². The topological polar surface area (TPSA) is 0 Å². The van der Waals surface area contributed by atoms with Gasteiger partial charge in [0.2, 0.25) is 0 Å². The maximum Gasteiger partial charge on any atom is 0.174 e. The number of hydrogen-bond donors (Lipinski definition) is 0. The van der Waals surface area contributed by atoms with Crippen LogP contribution in [-0.2, 0) is 0 Å². The molecule has 13 heavy (non-hydrogen) atoms. The average molecular weight is 265 g/mol. The van der Waals surface area contributed by atoms with Crippen molar-refractivity contribution in [3.8, 4) is 0 Å². The quantitative estimate of drug-likeness (QED) is 0.729. The van der Waals surface area contributed by atoms with Crippen molar-refractivity contribution in [2.45, 2.75) is 23.0 Å². The van der Waals surface area contributed by atoms with Crippen LogP contribution in [0.4, 0.5) is 8.78 Å². The average Bonchev–Trinajstić information content (AvgIpc) is 2.90. The Labute approximate surface area is 87.8 Å². The number of hydrogen-bond acceptors (Lipinski definition) is 1. The maximum atomic E-state index is 13.2. The Hall–Kier alpha value is -0.0900. The summed E-state index contributed by atoms with van der Waals surface area (Å²) in [7, 11) is 0. The van der Waals surface area contributed by atoms with Crippen molar-refractivity contribution < 1.29 is 8.78 Å². The van der Waals surface area contributed by atoms with Gasteiger partial charge < -0.3 is 0 Å². The van der Waals surface area contributed by atoms with Crippen molar-refractivity contribution >= 4 is 27.7 Å². The van der Waals surface area contributed by atoms with E-state index in [1.165, 1.54) is 11.8 Å². The first kappa shape index (κ1) is 9.46. The molecule has 0 nitrogen and oxygen atoms in total. The Bertz CT molecular complexity index is 337. The van der Waals surface area contributed by atoms with Crippen molar-refractivity contribution in [2.75, 3.05) is 0 Å². The van der Waals surface area contributed by atoms with Gasteiger partial charge in [0.05, 0.1) is 4.47 Å². The van der Waals surface area contributed by atoms with Gasteiger partial charge in [0, 0.05) is 10.1 Å². The SMILES string of the molecule is Fc1c(Br)ccc(SC2CC2)c1F. The van der Waals surface area contributed by atoms with E-state index in [9.17, 15) is 8.78 Å². The largest absolute Gasteiger partial charge is 0.202 e. The van der Waals surface area contributed by atoms with E-state index in [2.05, 4.69) is 15.9 Å². The minimum atomic E-state index is -0.786. The van der Waals surface area contributed by atoms with E-state index < -0.39 is 11.6 Å². The van der Waals surface area contributed by atoms with E-state index in [-0.39, 0.29) is 4.47 Å². The van der Waals surface area contributed by atoms with Crippen LogP contribution in [-0.4, -0.2) is 5.25 Å². The second kappa shape index (κ2) is 3.58. The predicted octanol–water partition coefficient (Wildman–Crippen LogP) is 3.98. The van der Waals surface area contributed by atoms with Crippen LogP contribution in [0, 0.1) is 11.6 Å². The highest BCUT2D eigenvalue weighted by Crippen LogP contribution is 2.41. The standard InChI is InChI=1S/C9H7BrF2S/c10-6-3-4-7(9(12)8(6)11)13-5-1-2-5/h3-5H,1-2H2. The van der Waals surface area contributed by atoms with Gasteiger partial charge in [0.15, 0.2) is 11.6 Å². The summed E-state index contributed by atoms with van der Waals surface area (Å²) < 4.78 is 26.4. The van der Waals surface area contributed by atoms with Gasteiger partial charge in [-0.3, -0.25) is 0 Å². The number of rotatable bonds is 2. The lowest BCUT2D eigenvalue weighted by Gasteiger charge is -2.03. The molecule has 1 aliphatic rings. The second-order valence-corrected chi connectivity index (χ2v) is 5.19. The van der Waals surface area contributed by atoms with Crippen molar-refractivity contribution in [1.82, 2.24) is 0 Å². The molecular weight excluding hydrogens is 258 g/mol. The van der Waals surface area contributed by atoms with Gasteiger partial charge in [-0.25, -0.2) is 8.78 Å². The molecule has 0 N–H and O–H groups in total. The Balaban J connectivity index is 2.29. The molecule has 0 aliphatic heterocycles. The zero-order valence-corrected chi connectivity index (χ0v) is 9.09. The van der Waals surface area contributed by atoms with E-state index in [0.717, 1.165) is 12.8 Å². The van der Waals surface area contributed by atoms with Crippen LogP contribution in [0.5, 0.6) is 0 Å². The van der Waals surface area contributed by atoms with Crippen LogP contribution in [0.1, 0.15) is 12.8 Å². The summed E-state index contributed by atoms with van der Waals surface area (Å²) in [6, 6.07) is 3.16.